The van der Waals surface area contributed by atoms with Gasteiger partial charge in [-0.05, 0) is 18.9 Å². The molecule has 0 spiro atoms. The summed E-state index contributed by atoms with van der Waals surface area (Å²) < 4.78 is 7.42. The highest BCUT2D eigenvalue weighted by Crippen LogP contribution is 2.29. The van der Waals surface area contributed by atoms with Gasteiger partial charge in [0.1, 0.15) is 0 Å². The predicted molar refractivity (Wildman–Crippen MR) is 108 cm³/mol. The monoisotopic (exact) mass is 470 g/mol. The SMILES string of the molecule is CN=C(NCC1(CO)CCOCC1)N(C)Cc1cc(Cl)cn1C.I. The predicted octanol–water partition coefficient (Wildman–Crippen LogP) is 2.09. The van der Waals surface area contributed by atoms with Crippen molar-refractivity contribution in [2.75, 3.05) is 40.5 Å². The van der Waals surface area contributed by atoms with Crippen LogP contribution in [0.25, 0.3) is 0 Å². The van der Waals surface area contributed by atoms with Crippen molar-refractivity contribution in [2.45, 2.75) is 19.4 Å². The van der Waals surface area contributed by atoms with E-state index in [1.807, 2.05) is 30.9 Å². The maximum absolute atomic E-state index is 9.77. The van der Waals surface area contributed by atoms with E-state index in [2.05, 4.69) is 15.2 Å². The van der Waals surface area contributed by atoms with Crippen LogP contribution in [0.2, 0.25) is 5.02 Å². The number of rotatable bonds is 5. The third kappa shape index (κ3) is 5.50. The number of halogens is 2. The van der Waals surface area contributed by atoms with Gasteiger partial charge in [-0.2, -0.15) is 0 Å². The van der Waals surface area contributed by atoms with Crippen molar-refractivity contribution >= 4 is 41.5 Å². The summed E-state index contributed by atoms with van der Waals surface area (Å²) in [4.78, 5) is 6.40. The zero-order valence-electron chi connectivity index (χ0n) is 14.6. The molecule has 0 radical (unpaired) electrons. The Labute approximate surface area is 166 Å². The van der Waals surface area contributed by atoms with Gasteiger partial charge in [0.05, 0.1) is 18.2 Å². The number of aliphatic hydroxyl groups excluding tert-OH is 1. The Balaban J connectivity index is 0.00000288. The summed E-state index contributed by atoms with van der Waals surface area (Å²) in [6.07, 6.45) is 3.62. The van der Waals surface area contributed by atoms with Gasteiger partial charge in [0.25, 0.3) is 0 Å². The van der Waals surface area contributed by atoms with Gasteiger partial charge in [-0.3, -0.25) is 4.99 Å². The van der Waals surface area contributed by atoms with E-state index in [1.54, 1.807) is 7.05 Å². The van der Waals surface area contributed by atoms with Crippen LogP contribution in [0.3, 0.4) is 0 Å². The second kappa shape index (κ2) is 9.84. The van der Waals surface area contributed by atoms with Crippen LogP contribution in [0.4, 0.5) is 0 Å². The summed E-state index contributed by atoms with van der Waals surface area (Å²) in [5, 5.41) is 13.9. The molecular weight excluding hydrogens is 443 g/mol. The molecule has 1 aromatic rings. The number of nitrogens with zero attached hydrogens (tertiary/aromatic N) is 3. The first-order valence-electron chi connectivity index (χ1n) is 7.91. The molecule has 1 saturated heterocycles. The minimum Gasteiger partial charge on any atom is -0.396 e. The van der Waals surface area contributed by atoms with Gasteiger partial charge < -0.3 is 24.6 Å². The van der Waals surface area contributed by atoms with Crippen molar-refractivity contribution in [3.63, 3.8) is 0 Å². The topological polar surface area (TPSA) is 62.0 Å². The van der Waals surface area contributed by atoms with Gasteiger partial charge >= 0.3 is 0 Å². The van der Waals surface area contributed by atoms with Gasteiger partial charge in [-0.25, -0.2) is 0 Å². The first kappa shape index (κ1) is 21.5. The van der Waals surface area contributed by atoms with Crippen LogP contribution in [0.1, 0.15) is 18.5 Å². The molecule has 2 heterocycles. The molecule has 0 amide bonds. The summed E-state index contributed by atoms with van der Waals surface area (Å²) in [5.74, 6) is 0.807. The number of aromatic nitrogens is 1. The summed E-state index contributed by atoms with van der Waals surface area (Å²) in [6.45, 7) is 2.98. The first-order valence-corrected chi connectivity index (χ1v) is 8.28. The van der Waals surface area contributed by atoms with E-state index in [1.165, 1.54) is 0 Å². The standard InChI is InChI=1S/C16H27ClN4O2.HI/c1-18-15(19-11-16(12-22)4-6-23-7-5-16)21(3)10-14-8-13(17)9-20(14)2;/h8-9,22H,4-7,10-12H2,1-3H3,(H,18,19);1H. The molecule has 0 aromatic carbocycles. The zero-order chi connectivity index (χ0) is 16.9. The smallest absolute Gasteiger partial charge is 0.193 e. The fourth-order valence-electron chi connectivity index (χ4n) is 2.89. The molecule has 0 saturated carbocycles. The summed E-state index contributed by atoms with van der Waals surface area (Å²) in [6, 6.07) is 1.96. The molecule has 0 atom stereocenters. The largest absolute Gasteiger partial charge is 0.396 e. The van der Waals surface area contributed by atoms with E-state index >= 15 is 0 Å². The maximum atomic E-state index is 9.77. The van der Waals surface area contributed by atoms with Gasteiger partial charge in [-0.1, -0.05) is 11.6 Å². The van der Waals surface area contributed by atoms with Crippen molar-refractivity contribution < 1.29 is 9.84 Å². The van der Waals surface area contributed by atoms with Gasteiger partial charge in [-0.15, -0.1) is 24.0 Å². The highest BCUT2D eigenvalue weighted by molar-refractivity contribution is 14.0. The molecule has 2 N–H and O–H groups in total. The fourth-order valence-corrected chi connectivity index (χ4v) is 3.16. The van der Waals surface area contributed by atoms with Gasteiger partial charge in [0.2, 0.25) is 0 Å². The molecule has 1 aromatic heterocycles. The lowest BCUT2D eigenvalue weighted by Gasteiger charge is -2.36. The lowest BCUT2D eigenvalue weighted by Crippen LogP contribution is -2.47. The number of ether oxygens (including phenoxy) is 1. The molecule has 2 rings (SSSR count). The van der Waals surface area contributed by atoms with Gasteiger partial charge in [0.15, 0.2) is 5.96 Å². The van der Waals surface area contributed by atoms with Crippen LogP contribution in [0, 0.1) is 5.41 Å². The van der Waals surface area contributed by atoms with Crippen molar-refractivity contribution in [1.29, 1.82) is 0 Å². The average Bonchev–Trinajstić information content (AvgIpc) is 2.86. The van der Waals surface area contributed by atoms with Crippen LogP contribution in [-0.4, -0.2) is 61.0 Å². The minimum absolute atomic E-state index is 0. The summed E-state index contributed by atoms with van der Waals surface area (Å²) in [5.41, 5.74) is 0.993. The second-order valence-electron chi connectivity index (χ2n) is 6.29. The fraction of sp³-hybridized carbons (Fsp3) is 0.688. The van der Waals surface area contributed by atoms with Crippen molar-refractivity contribution in [3.05, 3.63) is 23.0 Å². The quantitative estimate of drug-likeness (QED) is 0.393. The number of hydrogen-bond donors (Lipinski definition) is 2. The highest BCUT2D eigenvalue weighted by atomic mass is 127. The lowest BCUT2D eigenvalue weighted by atomic mass is 9.81. The third-order valence-electron chi connectivity index (χ3n) is 4.56. The zero-order valence-corrected chi connectivity index (χ0v) is 17.7. The Morgan fingerprint density at radius 3 is 2.67 bits per heavy atom. The minimum atomic E-state index is -0.122. The highest BCUT2D eigenvalue weighted by Gasteiger charge is 2.32. The molecule has 8 heteroatoms. The number of hydrogen-bond acceptors (Lipinski definition) is 3. The van der Waals surface area contributed by atoms with Crippen molar-refractivity contribution in [1.82, 2.24) is 14.8 Å². The second-order valence-corrected chi connectivity index (χ2v) is 6.72. The summed E-state index contributed by atoms with van der Waals surface area (Å²) >= 11 is 6.04. The van der Waals surface area contributed by atoms with Crippen LogP contribution in [0.15, 0.2) is 17.3 Å². The molecule has 6 nitrogen and oxygen atoms in total. The number of aliphatic imine (C=N–C) groups is 1. The van der Waals surface area contributed by atoms with Crippen LogP contribution in [-0.2, 0) is 18.3 Å². The molecule has 0 aliphatic carbocycles. The Hall–Kier alpha value is -0.510. The number of aryl methyl sites for hydroxylation is 1. The molecule has 1 fully saturated rings. The van der Waals surface area contributed by atoms with Crippen molar-refractivity contribution in [2.24, 2.45) is 17.5 Å². The van der Waals surface area contributed by atoms with E-state index in [-0.39, 0.29) is 36.0 Å². The lowest BCUT2D eigenvalue weighted by molar-refractivity contribution is -0.0134. The average molecular weight is 471 g/mol. The number of nitrogens with one attached hydrogen (secondary N) is 1. The number of aliphatic hydroxyl groups is 1. The molecular formula is C16H28ClIN4O2. The molecule has 0 bridgehead atoms. The Morgan fingerprint density at radius 1 is 1.50 bits per heavy atom. The van der Waals surface area contributed by atoms with E-state index in [9.17, 15) is 5.11 Å². The van der Waals surface area contributed by atoms with E-state index in [0.29, 0.717) is 26.3 Å². The Morgan fingerprint density at radius 2 is 2.17 bits per heavy atom. The molecule has 138 valence electrons. The first-order chi connectivity index (χ1) is 11.0. The Bertz CT molecular complexity index is 544. The molecule has 0 unspecified atom stereocenters. The van der Waals surface area contributed by atoms with Gasteiger partial charge in [0, 0.05) is 58.2 Å². The van der Waals surface area contributed by atoms with Crippen LogP contribution < -0.4 is 5.32 Å². The summed E-state index contributed by atoms with van der Waals surface area (Å²) in [7, 11) is 5.74. The molecule has 24 heavy (non-hydrogen) atoms. The van der Waals surface area contributed by atoms with Crippen LogP contribution in [0.5, 0.6) is 0 Å². The van der Waals surface area contributed by atoms with Crippen LogP contribution >= 0.6 is 35.6 Å². The molecule has 1 aliphatic rings. The van der Waals surface area contributed by atoms with E-state index in [4.69, 9.17) is 16.3 Å². The third-order valence-corrected chi connectivity index (χ3v) is 4.76. The molecule has 1 aliphatic heterocycles. The maximum Gasteiger partial charge on any atom is 0.193 e. The van der Waals surface area contributed by atoms with E-state index < -0.39 is 0 Å². The van der Waals surface area contributed by atoms with E-state index in [0.717, 1.165) is 29.5 Å². The normalized spacial score (nSPS) is 17.3. The number of guanidine groups is 1. The van der Waals surface area contributed by atoms with Crippen molar-refractivity contribution in [3.8, 4) is 0 Å². The Kier molecular flexibility index (Phi) is 8.83.